The van der Waals surface area contributed by atoms with Crippen LogP contribution in [0, 0.1) is 6.92 Å². The molecule has 0 saturated heterocycles. The van der Waals surface area contributed by atoms with Crippen LogP contribution < -0.4 is 5.32 Å². The molecule has 6 nitrogen and oxygen atoms in total. The average molecular weight is 319 g/mol. The van der Waals surface area contributed by atoms with Crippen molar-refractivity contribution < 1.29 is 4.79 Å². The van der Waals surface area contributed by atoms with Crippen molar-refractivity contribution in [3.8, 4) is 5.69 Å². The van der Waals surface area contributed by atoms with Gasteiger partial charge in [-0.25, -0.2) is 0 Å². The fourth-order valence-electron chi connectivity index (χ4n) is 1.82. The van der Waals surface area contributed by atoms with Crippen molar-refractivity contribution in [2.75, 3.05) is 5.75 Å². The lowest BCUT2D eigenvalue weighted by Gasteiger charge is -2.24. The Bertz CT molecular complexity index is 653. The highest BCUT2D eigenvalue weighted by atomic mass is 32.2. The van der Waals surface area contributed by atoms with Gasteiger partial charge in [0, 0.05) is 5.54 Å². The van der Waals surface area contributed by atoms with E-state index in [1.807, 2.05) is 52.0 Å². The molecule has 1 N–H and O–H groups in total. The Labute approximate surface area is 134 Å². The van der Waals surface area contributed by atoms with Crippen molar-refractivity contribution in [1.29, 1.82) is 0 Å². The smallest absolute Gasteiger partial charge is 0.230 e. The Hall–Kier alpha value is -1.89. The van der Waals surface area contributed by atoms with Crippen LogP contribution in [0.3, 0.4) is 0 Å². The van der Waals surface area contributed by atoms with E-state index in [0.717, 1.165) is 17.7 Å². The van der Waals surface area contributed by atoms with Gasteiger partial charge in [0.2, 0.25) is 11.1 Å². The summed E-state index contributed by atoms with van der Waals surface area (Å²) in [7, 11) is 0. The molecule has 0 bridgehead atoms. The van der Waals surface area contributed by atoms with Gasteiger partial charge < -0.3 is 5.32 Å². The molecule has 2 rings (SSSR count). The third kappa shape index (κ3) is 4.30. The summed E-state index contributed by atoms with van der Waals surface area (Å²) >= 11 is 1.33. The van der Waals surface area contributed by atoms with E-state index >= 15 is 0 Å². The molecule has 0 atom stereocenters. The Morgan fingerprint density at radius 2 is 2.18 bits per heavy atom. The number of nitrogens with one attached hydrogen (secondary N) is 1. The lowest BCUT2D eigenvalue weighted by Crippen LogP contribution is -2.43. The standard InChI is InChI=1S/C15H21N5OS/c1-5-15(3,4)16-13(21)10-22-14-17-18-19-20(14)12-8-6-7-11(2)9-12/h6-9H,5,10H2,1-4H3,(H,16,21). The lowest BCUT2D eigenvalue weighted by molar-refractivity contribution is -0.120. The molecule has 1 aromatic carbocycles. The molecule has 1 aromatic heterocycles. The van der Waals surface area contributed by atoms with Crippen LogP contribution in [0.15, 0.2) is 29.4 Å². The van der Waals surface area contributed by atoms with Crippen molar-refractivity contribution in [1.82, 2.24) is 25.5 Å². The summed E-state index contributed by atoms with van der Waals surface area (Å²) in [6.07, 6.45) is 0.879. The molecule has 0 spiro atoms. The number of tetrazole rings is 1. The molecule has 0 saturated carbocycles. The first-order valence-corrected chi connectivity index (χ1v) is 8.19. The fourth-order valence-corrected chi connectivity index (χ4v) is 2.51. The highest BCUT2D eigenvalue weighted by Gasteiger charge is 2.19. The Morgan fingerprint density at radius 3 is 2.86 bits per heavy atom. The van der Waals surface area contributed by atoms with Crippen LogP contribution in [-0.2, 0) is 4.79 Å². The van der Waals surface area contributed by atoms with Crippen LogP contribution in [-0.4, -0.2) is 37.4 Å². The van der Waals surface area contributed by atoms with Gasteiger partial charge in [-0.2, -0.15) is 4.68 Å². The van der Waals surface area contributed by atoms with Crippen molar-refractivity contribution in [3.63, 3.8) is 0 Å². The van der Waals surface area contributed by atoms with Crippen molar-refractivity contribution in [3.05, 3.63) is 29.8 Å². The van der Waals surface area contributed by atoms with Gasteiger partial charge in [-0.05, 0) is 55.3 Å². The largest absolute Gasteiger partial charge is 0.351 e. The predicted octanol–water partition coefficient (Wildman–Crippen LogP) is 2.37. The topological polar surface area (TPSA) is 72.7 Å². The number of hydrogen-bond acceptors (Lipinski definition) is 5. The van der Waals surface area contributed by atoms with Gasteiger partial charge in [0.15, 0.2) is 0 Å². The normalized spacial score (nSPS) is 11.5. The minimum atomic E-state index is -0.194. The molecule has 0 radical (unpaired) electrons. The van der Waals surface area contributed by atoms with Gasteiger partial charge in [-0.15, -0.1) is 5.10 Å². The highest BCUT2D eigenvalue weighted by Crippen LogP contribution is 2.19. The molecule has 0 aliphatic heterocycles. The van der Waals surface area contributed by atoms with E-state index in [9.17, 15) is 4.79 Å². The number of carbonyl (C=O) groups excluding carboxylic acids is 1. The Kier molecular flexibility index (Phi) is 5.18. The monoisotopic (exact) mass is 319 g/mol. The van der Waals surface area contributed by atoms with E-state index in [0.29, 0.717) is 5.16 Å². The summed E-state index contributed by atoms with van der Waals surface area (Å²) in [5.41, 5.74) is 1.83. The van der Waals surface area contributed by atoms with Crippen LogP contribution in [0.25, 0.3) is 5.69 Å². The SMILES string of the molecule is CCC(C)(C)NC(=O)CSc1nnnn1-c1cccc(C)c1. The average Bonchev–Trinajstić information content (AvgIpc) is 2.93. The number of aryl methyl sites for hydroxylation is 1. The van der Waals surface area contributed by atoms with E-state index < -0.39 is 0 Å². The molecule has 1 amide bonds. The highest BCUT2D eigenvalue weighted by molar-refractivity contribution is 7.99. The summed E-state index contributed by atoms with van der Waals surface area (Å²) in [5, 5.41) is 15.3. The summed E-state index contributed by atoms with van der Waals surface area (Å²) in [4.78, 5) is 12.0. The number of nitrogens with zero attached hydrogens (tertiary/aromatic N) is 4. The van der Waals surface area contributed by atoms with Gasteiger partial charge in [-0.3, -0.25) is 4.79 Å². The predicted molar refractivity (Wildman–Crippen MR) is 87.1 cm³/mol. The minimum absolute atomic E-state index is 0.0179. The number of rotatable bonds is 6. The van der Waals surface area contributed by atoms with Crippen LogP contribution in [0.4, 0.5) is 0 Å². The van der Waals surface area contributed by atoms with Gasteiger partial charge in [0.05, 0.1) is 11.4 Å². The molecule has 1 heterocycles. The summed E-state index contributed by atoms with van der Waals surface area (Å²) < 4.78 is 1.65. The quantitative estimate of drug-likeness (QED) is 0.828. The van der Waals surface area contributed by atoms with E-state index in [2.05, 4.69) is 20.8 Å². The van der Waals surface area contributed by atoms with E-state index in [-0.39, 0.29) is 17.2 Å². The maximum absolute atomic E-state index is 12.0. The van der Waals surface area contributed by atoms with E-state index in [1.165, 1.54) is 11.8 Å². The number of aromatic nitrogens is 4. The van der Waals surface area contributed by atoms with Crippen molar-refractivity contribution >= 4 is 17.7 Å². The number of carbonyl (C=O) groups is 1. The zero-order valence-corrected chi connectivity index (χ0v) is 14.1. The molecule has 7 heteroatoms. The van der Waals surface area contributed by atoms with E-state index in [4.69, 9.17) is 0 Å². The van der Waals surface area contributed by atoms with Crippen LogP contribution >= 0.6 is 11.8 Å². The lowest BCUT2D eigenvalue weighted by atomic mass is 10.0. The first kappa shape index (κ1) is 16.5. The maximum Gasteiger partial charge on any atom is 0.230 e. The van der Waals surface area contributed by atoms with Gasteiger partial charge in [0.25, 0.3) is 0 Å². The molecular formula is C15H21N5OS. The van der Waals surface area contributed by atoms with Crippen molar-refractivity contribution in [2.24, 2.45) is 0 Å². The number of amides is 1. The van der Waals surface area contributed by atoms with Crippen LogP contribution in [0.5, 0.6) is 0 Å². The maximum atomic E-state index is 12.0. The molecule has 0 fully saturated rings. The molecule has 2 aromatic rings. The second-order valence-electron chi connectivity index (χ2n) is 5.79. The van der Waals surface area contributed by atoms with E-state index in [1.54, 1.807) is 4.68 Å². The summed E-state index contributed by atoms with van der Waals surface area (Å²) in [5.74, 6) is 0.269. The fraction of sp³-hybridized carbons (Fsp3) is 0.467. The second-order valence-corrected chi connectivity index (χ2v) is 6.73. The minimum Gasteiger partial charge on any atom is -0.351 e. The molecule has 118 valence electrons. The number of hydrogen-bond donors (Lipinski definition) is 1. The zero-order chi connectivity index (χ0) is 16.2. The Balaban J connectivity index is 2.03. The van der Waals surface area contributed by atoms with Gasteiger partial charge in [-0.1, -0.05) is 30.8 Å². The van der Waals surface area contributed by atoms with Crippen LogP contribution in [0.2, 0.25) is 0 Å². The molecule has 0 aliphatic carbocycles. The number of benzene rings is 1. The summed E-state index contributed by atoms with van der Waals surface area (Å²) in [6, 6.07) is 7.91. The second kappa shape index (κ2) is 6.91. The molecule has 0 aliphatic rings. The van der Waals surface area contributed by atoms with Gasteiger partial charge >= 0.3 is 0 Å². The third-order valence-electron chi connectivity index (χ3n) is 3.38. The van der Waals surface area contributed by atoms with Crippen LogP contribution in [0.1, 0.15) is 32.8 Å². The Morgan fingerprint density at radius 1 is 1.41 bits per heavy atom. The molecule has 22 heavy (non-hydrogen) atoms. The first-order chi connectivity index (χ1) is 10.4. The molecule has 0 unspecified atom stereocenters. The van der Waals surface area contributed by atoms with Crippen molar-refractivity contribution in [2.45, 2.75) is 44.8 Å². The zero-order valence-electron chi connectivity index (χ0n) is 13.3. The first-order valence-electron chi connectivity index (χ1n) is 7.20. The molecular weight excluding hydrogens is 298 g/mol. The summed E-state index contributed by atoms with van der Waals surface area (Å²) in [6.45, 7) is 8.07. The van der Waals surface area contributed by atoms with Gasteiger partial charge in [0.1, 0.15) is 0 Å². The third-order valence-corrected chi connectivity index (χ3v) is 4.30. The number of thioether (sulfide) groups is 1.